The molecule has 2 aliphatic rings. The average molecular weight is 312 g/mol. The number of rotatable bonds is 1. The number of fused-ring (bicyclic) bond motifs is 1. The first-order valence-electron chi connectivity index (χ1n) is 9.25. The van der Waals surface area contributed by atoms with E-state index in [1.807, 2.05) is 12.1 Å². The van der Waals surface area contributed by atoms with E-state index in [2.05, 4.69) is 46.8 Å². The highest BCUT2D eigenvalue weighted by molar-refractivity contribution is 5.58. The van der Waals surface area contributed by atoms with E-state index in [0.717, 1.165) is 17.0 Å². The molecule has 23 heavy (non-hydrogen) atoms. The summed E-state index contributed by atoms with van der Waals surface area (Å²) in [5.74, 6) is 1.81. The van der Waals surface area contributed by atoms with Crippen molar-refractivity contribution in [3.05, 3.63) is 34.9 Å². The molecule has 0 spiro atoms. The number of hydrogen-bond acceptors (Lipinski definition) is 1. The molecular formula is C22H32O. The highest BCUT2D eigenvalue weighted by Crippen LogP contribution is 2.61. The molecule has 1 nitrogen and oxygen atoms in total. The van der Waals surface area contributed by atoms with Crippen LogP contribution in [0.15, 0.2) is 23.8 Å². The van der Waals surface area contributed by atoms with E-state index in [0.29, 0.717) is 22.5 Å². The summed E-state index contributed by atoms with van der Waals surface area (Å²) < 4.78 is 0. The molecule has 2 saturated carbocycles. The van der Waals surface area contributed by atoms with Gasteiger partial charge in [0.15, 0.2) is 0 Å². The van der Waals surface area contributed by atoms with Crippen molar-refractivity contribution in [3.63, 3.8) is 0 Å². The van der Waals surface area contributed by atoms with Gasteiger partial charge in [-0.05, 0) is 78.5 Å². The van der Waals surface area contributed by atoms with Crippen LogP contribution in [0.4, 0.5) is 0 Å². The van der Waals surface area contributed by atoms with Crippen molar-refractivity contribution in [1.29, 1.82) is 0 Å². The number of aryl methyl sites for hydroxylation is 1. The van der Waals surface area contributed by atoms with Crippen molar-refractivity contribution >= 4 is 6.08 Å². The molecule has 0 aromatic heterocycles. The van der Waals surface area contributed by atoms with Crippen LogP contribution in [0.3, 0.4) is 0 Å². The molecule has 1 N–H and O–H groups in total. The summed E-state index contributed by atoms with van der Waals surface area (Å²) in [6.07, 6.45) is 9.07. The van der Waals surface area contributed by atoms with Crippen LogP contribution >= 0.6 is 0 Å². The van der Waals surface area contributed by atoms with Gasteiger partial charge in [0, 0.05) is 0 Å². The van der Waals surface area contributed by atoms with Gasteiger partial charge in [-0.1, -0.05) is 51.8 Å². The lowest BCUT2D eigenvalue weighted by molar-refractivity contribution is -0.00534. The third kappa shape index (κ3) is 2.95. The quantitative estimate of drug-likeness (QED) is 0.641. The van der Waals surface area contributed by atoms with Gasteiger partial charge in [-0.2, -0.15) is 0 Å². The zero-order valence-corrected chi connectivity index (χ0v) is 15.4. The molecule has 0 radical (unpaired) electrons. The summed E-state index contributed by atoms with van der Waals surface area (Å²) in [6, 6.07) is 5.94. The Morgan fingerprint density at radius 1 is 1.09 bits per heavy atom. The Morgan fingerprint density at radius 2 is 1.83 bits per heavy atom. The van der Waals surface area contributed by atoms with Gasteiger partial charge in [-0.3, -0.25) is 0 Å². The molecule has 126 valence electrons. The molecule has 0 amide bonds. The molecule has 1 heteroatoms. The Morgan fingerprint density at radius 3 is 2.52 bits per heavy atom. The first-order chi connectivity index (χ1) is 10.7. The lowest BCUT2D eigenvalue weighted by Crippen LogP contribution is -2.47. The highest BCUT2D eigenvalue weighted by atomic mass is 16.3. The van der Waals surface area contributed by atoms with Gasteiger partial charge in [0.1, 0.15) is 5.75 Å². The summed E-state index contributed by atoms with van der Waals surface area (Å²) in [4.78, 5) is 0. The van der Waals surface area contributed by atoms with Crippen molar-refractivity contribution < 1.29 is 5.11 Å². The minimum Gasteiger partial charge on any atom is -0.508 e. The SMILES string of the molecule is Cc1cc(O)cc(/C=C2\C(C)CCC3C(C)(C)CCCC23C)c1. The third-order valence-electron chi connectivity index (χ3n) is 6.71. The molecule has 0 saturated heterocycles. The first-order valence-corrected chi connectivity index (χ1v) is 9.25. The van der Waals surface area contributed by atoms with Gasteiger partial charge >= 0.3 is 0 Å². The predicted molar refractivity (Wildman–Crippen MR) is 98.4 cm³/mol. The molecular weight excluding hydrogens is 280 g/mol. The van der Waals surface area contributed by atoms with Crippen LogP contribution in [0.1, 0.15) is 70.9 Å². The van der Waals surface area contributed by atoms with E-state index in [9.17, 15) is 5.11 Å². The number of benzene rings is 1. The number of allylic oxidation sites excluding steroid dienone is 1. The van der Waals surface area contributed by atoms with Gasteiger partial charge in [0.25, 0.3) is 0 Å². The minimum absolute atomic E-state index is 0.318. The van der Waals surface area contributed by atoms with Crippen molar-refractivity contribution in [2.24, 2.45) is 22.7 Å². The second-order valence-electron chi connectivity index (χ2n) is 8.99. The number of hydrogen-bond donors (Lipinski definition) is 1. The van der Waals surface area contributed by atoms with E-state index in [-0.39, 0.29) is 0 Å². The normalized spacial score (nSPS) is 35.1. The molecule has 3 rings (SSSR count). The Kier molecular flexibility index (Phi) is 4.11. The Balaban J connectivity index is 2.06. The Labute approximate surface area is 141 Å². The Bertz CT molecular complexity index is 605. The van der Waals surface area contributed by atoms with Gasteiger partial charge in [-0.25, -0.2) is 0 Å². The fraction of sp³-hybridized carbons (Fsp3) is 0.636. The molecule has 1 aromatic rings. The smallest absolute Gasteiger partial charge is 0.116 e. The van der Waals surface area contributed by atoms with Crippen LogP contribution in [0, 0.1) is 29.6 Å². The molecule has 0 heterocycles. The van der Waals surface area contributed by atoms with E-state index in [1.54, 1.807) is 5.57 Å². The molecule has 1 aromatic carbocycles. The highest BCUT2D eigenvalue weighted by Gasteiger charge is 2.51. The molecule has 0 bridgehead atoms. The maximum Gasteiger partial charge on any atom is 0.116 e. The average Bonchev–Trinajstić information content (AvgIpc) is 2.41. The van der Waals surface area contributed by atoms with Gasteiger partial charge in [-0.15, -0.1) is 0 Å². The maximum atomic E-state index is 9.94. The van der Waals surface area contributed by atoms with E-state index in [4.69, 9.17) is 0 Å². The van der Waals surface area contributed by atoms with Crippen LogP contribution in [0.2, 0.25) is 0 Å². The zero-order chi connectivity index (χ0) is 16.8. The van der Waals surface area contributed by atoms with E-state index >= 15 is 0 Å². The second-order valence-corrected chi connectivity index (χ2v) is 8.99. The van der Waals surface area contributed by atoms with Gasteiger partial charge < -0.3 is 5.11 Å². The number of aromatic hydroxyl groups is 1. The Hall–Kier alpha value is -1.24. The molecule has 2 aliphatic carbocycles. The summed E-state index contributed by atoms with van der Waals surface area (Å²) in [7, 11) is 0. The zero-order valence-electron chi connectivity index (χ0n) is 15.4. The number of phenolic OH excluding ortho intramolecular Hbond substituents is 1. The van der Waals surface area contributed by atoms with Crippen molar-refractivity contribution in [2.45, 2.75) is 66.7 Å². The van der Waals surface area contributed by atoms with Crippen molar-refractivity contribution in [3.8, 4) is 5.75 Å². The van der Waals surface area contributed by atoms with E-state index < -0.39 is 0 Å². The fourth-order valence-corrected chi connectivity index (χ4v) is 5.67. The standard InChI is InChI=1S/C22H32O/c1-15-11-17(13-18(23)12-15)14-19-16(2)7-8-20-21(3,4)9-6-10-22(19,20)5/h11-14,16,20,23H,6-10H2,1-5H3/b19-14+. The first kappa shape index (κ1) is 16.6. The van der Waals surface area contributed by atoms with Crippen molar-refractivity contribution in [1.82, 2.24) is 0 Å². The van der Waals surface area contributed by atoms with E-state index in [1.165, 1.54) is 32.1 Å². The largest absolute Gasteiger partial charge is 0.508 e. The van der Waals surface area contributed by atoms with Crippen LogP contribution in [-0.2, 0) is 0 Å². The summed E-state index contributed by atoms with van der Waals surface area (Å²) in [6.45, 7) is 11.9. The van der Waals surface area contributed by atoms with Crippen LogP contribution in [0.5, 0.6) is 5.75 Å². The van der Waals surface area contributed by atoms with Gasteiger partial charge in [0.2, 0.25) is 0 Å². The summed E-state index contributed by atoms with van der Waals surface area (Å²) in [5.41, 5.74) is 4.67. The molecule has 3 unspecified atom stereocenters. The van der Waals surface area contributed by atoms with Crippen LogP contribution in [-0.4, -0.2) is 5.11 Å². The van der Waals surface area contributed by atoms with Gasteiger partial charge in [0.05, 0.1) is 0 Å². The lowest BCUT2D eigenvalue weighted by atomic mass is 9.48. The third-order valence-corrected chi connectivity index (χ3v) is 6.71. The monoisotopic (exact) mass is 312 g/mol. The lowest BCUT2D eigenvalue weighted by Gasteiger charge is -2.56. The molecule has 0 aliphatic heterocycles. The summed E-state index contributed by atoms with van der Waals surface area (Å²) >= 11 is 0. The number of phenols is 1. The maximum absolute atomic E-state index is 9.94. The van der Waals surface area contributed by atoms with Crippen LogP contribution < -0.4 is 0 Å². The van der Waals surface area contributed by atoms with Crippen LogP contribution in [0.25, 0.3) is 6.08 Å². The predicted octanol–water partition coefficient (Wildman–Crippen LogP) is 6.35. The molecule has 2 fully saturated rings. The summed E-state index contributed by atoms with van der Waals surface area (Å²) in [5, 5.41) is 9.94. The second kappa shape index (κ2) is 5.69. The fourth-order valence-electron chi connectivity index (χ4n) is 5.67. The topological polar surface area (TPSA) is 20.2 Å². The minimum atomic E-state index is 0.318. The van der Waals surface area contributed by atoms with Crippen molar-refractivity contribution in [2.75, 3.05) is 0 Å². The molecule has 3 atom stereocenters.